The number of halogens is 1. The van der Waals surface area contributed by atoms with E-state index in [0.717, 1.165) is 12.3 Å². The minimum Gasteiger partial charge on any atom is -0.328 e. The molecule has 2 unspecified atom stereocenters. The average molecular weight is 332 g/mol. The van der Waals surface area contributed by atoms with Gasteiger partial charge in [-0.25, -0.2) is 0 Å². The van der Waals surface area contributed by atoms with Crippen LogP contribution in [-0.4, -0.2) is 6.04 Å². The van der Waals surface area contributed by atoms with E-state index in [1.165, 1.54) is 77.0 Å². The van der Waals surface area contributed by atoms with E-state index < -0.39 is 0 Å². The van der Waals surface area contributed by atoms with E-state index in [1.54, 1.807) is 0 Å². The monoisotopic (exact) mass is 331 g/mol. The summed E-state index contributed by atoms with van der Waals surface area (Å²) in [5.74, 6) is 0.917. The zero-order valence-electron chi connectivity index (χ0n) is 15.5. The summed E-state index contributed by atoms with van der Waals surface area (Å²) >= 11 is 0. The minimum atomic E-state index is 0. The lowest BCUT2D eigenvalue weighted by Crippen LogP contribution is -2.17. The summed E-state index contributed by atoms with van der Waals surface area (Å²) < 4.78 is 0. The standard InChI is InChI=1S/C20H41N.ClH/c1-4-19(3)17-15-13-11-9-7-6-8-10-12-14-16-18-20(21)5-2;/h7,9,19-20H,4-6,8,10-18,21H2,1-3H3;1H/b9-7-;. The van der Waals surface area contributed by atoms with Crippen LogP contribution in [0.3, 0.4) is 0 Å². The second-order valence-electron chi connectivity index (χ2n) is 6.78. The van der Waals surface area contributed by atoms with Crippen LogP contribution in [0.1, 0.15) is 104 Å². The van der Waals surface area contributed by atoms with Gasteiger partial charge in [0.1, 0.15) is 0 Å². The average Bonchev–Trinajstić information content (AvgIpc) is 2.51. The van der Waals surface area contributed by atoms with Crippen molar-refractivity contribution < 1.29 is 0 Å². The largest absolute Gasteiger partial charge is 0.328 e. The van der Waals surface area contributed by atoms with Gasteiger partial charge in [-0.2, -0.15) is 0 Å². The maximum Gasteiger partial charge on any atom is 0.00362 e. The zero-order chi connectivity index (χ0) is 15.8. The molecule has 0 bridgehead atoms. The predicted octanol–water partition coefficient (Wildman–Crippen LogP) is 7.04. The summed E-state index contributed by atoms with van der Waals surface area (Å²) in [6.07, 6.45) is 22.0. The first-order valence-electron chi connectivity index (χ1n) is 9.61. The fourth-order valence-corrected chi connectivity index (χ4v) is 2.60. The number of allylic oxidation sites excluding steroid dienone is 2. The van der Waals surface area contributed by atoms with Crippen molar-refractivity contribution in [1.29, 1.82) is 0 Å². The number of hydrogen-bond acceptors (Lipinski definition) is 1. The molecule has 0 spiro atoms. The minimum absolute atomic E-state index is 0. The molecule has 0 aliphatic rings. The number of hydrogen-bond donors (Lipinski definition) is 1. The Kier molecular flexibility index (Phi) is 21.0. The predicted molar refractivity (Wildman–Crippen MR) is 105 cm³/mol. The fraction of sp³-hybridized carbons (Fsp3) is 0.900. The topological polar surface area (TPSA) is 26.0 Å². The molecule has 0 saturated carbocycles. The van der Waals surface area contributed by atoms with E-state index >= 15 is 0 Å². The lowest BCUT2D eigenvalue weighted by molar-refractivity contribution is 0.486. The molecule has 2 N–H and O–H groups in total. The van der Waals surface area contributed by atoms with Crippen LogP contribution in [0, 0.1) is 5.92 Å². The van der Waals surface area contributed by atoms with Crippen LogP contribution in [-0.2, 0) is 0 Å². The number of rotatable bonds is 15. The molecule has 2 atom stereocenters. The van der Waals surface area contributed by atoms with Crippen molar-refractivity contribution in [2.45, 2.75) is 110 Å². The molecule has 0 rings (SSSR count). The van der Waals surface area contributed by atoms with Gasteiger partial charge in [0, 0.05) is 6.04 Å². The highest BCUT2D eigenvalue weighted by Crippen LogP contribution is 2.13. The molecule has 0 aliphatic carbocycles. The third-order valence-electron chi connectivity index (χ3n) is 4.65. The van der Waals surface area contributed by atoms with Crippen molar-refractivity contribution in [3.8, 4) is 0 Å². The Morgan fingerprint density at radius 3 is 1.82 bits per heavy atom. The quantitative estimate of drug-likeness (QED) is 0.253. The first-order chi connectivity index (χ1) is 10.2. The van der Waals surface area contributed by atoms with Crippen molar-refractivity contribution in [1.82, 2.24) is 0 Å². The van der Waals surface area contributed by atoms with Crippen molar-refractivity contribution in [2.75, 3.05) is 0 Å². The fourth-order valence-electron chi connectivity index (χ4n) is 2.60. The maximum absolute atomic E-state index is 5.92. The molecule has 0 fully saturated rings. The summed E-state index contributed by atoms with van der Waals surface area (Å²) in [7, 11) is 0. The normalized spacial score (nSPS) is 14.0. The Labute approximate surface area is 146 Å². The zero-order valence-corrected chi connectivity index (χ0v) is 16.3. The number of unbranched alkanes of at least 4 members (excludes halogenated alkanes) is 7. The Hall–Kier alpha value is -0.0100. The van der Waals surface area contributed by atoms with Gasteiger partial charge in [0.25, 0.3) is 0 Å². The lowest BCUT2D eigenvalue weighted by atomic mass is 10.0. The molecule has 0 aromatic rings. The van der Waals surface area contributed by atoms with Crippen LogP contribution < -0.4 is 5.73 Å². The van der Waals surface area contributed by atoms with E-state index in [0.29, 0.717) is 6.04 Å². The van der Waals surface area contributed by atoms with Gasteiger partial charge in [-0.1, -0.05) is 77.9 Å². The van der Waals surface area contributed by atoms with Crippen LogP contribution in [0.2, 0.25) is 0 Å². The molecule has 2 heteroatoms. The van der Waals surface area contributed by atoms with Crippen LogP contribution in [0.25, 0.3) is 0 Å². The summed E-state index contributed by atoms with van der Waals surface area (Å²) in [4.78, 5) is 0. The van der Waals surface area contributed by atoms with E-state index in [1.807, 2.05) is 0 Å². The molecule has 0 amide bonds. The van der Waals surface area contributed by atoms with Gasteiger partial charge in [0.2, 0.25) is 0 Å². The first kappa shape index (κ1) is 24.2. The van der Waals surface area contributed by atoms with Crippen LogP contribution in [0.5, 0.6) is 0 Å². The Balaban J connectivity index is 0. The lowest BCUT2D eigenvalue weighted by Gasteiger charge is -2.07. The van der Waals surface area contributed by atoms with Crippen molar-refractivity contribution in [3.05, 3.63) is 12.2 Å². The second kappa shape index (κ2) is 19.0. The second-order valence-corrected chi connectivity index (χ2v) is 6.78. The van der Waals surface area contributed by atoms with Crippen LogP contribution in [0.4, 0.5) is 0 Å². The van der Waals surface area contributed by atoms with Gasteiger partial charge in [-0.3, -0.25) is 0 Å². The molecule has 0 heterocycles. The van der Waals surface area contributed by atoms with Gasteiger partial charge in [0.15, 0.2) is 0 Å². The van der Waals surface area contributed by atoms with E-state index in [-0.39, 0.29) is 12.4 Å². The van der Waals surface area contributed by atoms with E-state index in [4.69, 9.17) is 5.73 Å². The molecule has 0 aromatic heterocycles. The SMILES string of the molecule is CCC(C)CCCC/C=C\CCCCCCCC(N)CC.Cl. The van der Waals surface area contributed by atoms with E-state index in [9.17, 15) is 0 Å². The van der Waals surface area contributed by atoms with Gasteiger partial charge in [-0.05, 0) is 44.4 Å². The molecule has 0 aromatic carbocycles. The molecule has 0 radical (unpaired) electrons. The maximum atomic E-state index is 5.92. The molecule has 134 valence electrons. The molecular weight excluding hydrogens is 290 g/mol. The highest BCUT2D eigenvalue weighted by molar-refractivity contribution is 5.85. The van der Waals surface area contributed by atoms with E-state index in [2.05, 4.69) is 32.9 Å². The number of nitrogens with two attached hydrogens (primary N) is 1. The van der Waals surface area contributed by atoms with Crippen LogP contribution >= 0.6 is 12.4 Å². The smallest absolute Gasteiger partial charge is 0.00362 e. The van der Waals surface area contributed by atoms with Gasteiger partial charge < -0.3 is 5.73 Å². The third-order valence-corrected chi connectivity index (χ3v) is 4.65. The third kappa shape index (κ3) is 18.0. The van der Waals surface area contributed by atoms with Gasteiger partial charge in [-0.15, -0.1) is 12.4 Å². The summed E-state index contributed by atoms with van der Waals surface area (Å²) in [5.41, 5.74) is 5.92. The summed E-state index contributed by atoms with van der Waals surface area (Å²) in [6, 6.07) is 0.438. The highest BCUT2D eigenvalue weighted by atomic mass is 35.5. The summed E-state index contributed by atoms with van der Waals surface area (Å²) in [6.45, 7) is 6.84. The molecule has 0 saturated heterocycles. The summed E-state index contributed by atoms with van der Waals surface area (Å²) in [5, 5.41) is 0. The highest BCUT2D eigenvalue weighted by Gasteiger charge is 1.98. The Morgan fingerprint density at radius 1 is 0.727 bits per heavy atom. The Morgan fingerprint density at radius 2 is 1.23 bits per heavy atom. The first-order valence-corrected chi connectivity index (χ1v) is 9.61. The van der Waals surface area contributed by atoms with Crippen LogP contribution in [0.15, 0.2) is 12.2 Å². The molecule has 0 aliphatic heterocycles. The Bertz CT molecular complexity index is 228. The molecule has 1 nitrogen and oxygen atoms in total. The van der Waals surface area contributed by atoms with Crippen molar-refractivity contribution in [2.24, 2.45) is 11.7 Å². The molecule has 22 heavy (non-hydrogen) atoms. The van der Waals surface area contributed by atoms with Crippen molar-refractivity contribution >= 4 is 12.4 Å². The molecular formula is C20H42ClN. The van der Waals surface area contributed by atoms with Crippen molar-refractivity contribution in [3.63, 3.8) is 0 Å². The van der Waals surface area contributed by atoms with Gasteiger partial charge in [0.05, 0.1) is 0 Å². The van der Waals surface area contributed by atoms with Gasteiger partial charge >= 0.3 is 0 Å².